The number of aryl methyl sites for hydroxylation is 1. The Morgan fingerprint density at radius 3 is 2.74 bits per heavy atom. The van der Waals surface area contributed by atoms with Gasteiger partial charge in [0.2, 0.25) is 0 Å². The van der Waals surface area contributed by atoms with Crippen molar-refractivity contribution in [3.05, 3.63) is 24.2 Å². The minimum Gasteiger partial charge on any atom is -0.379 e. The fourth-order valence-electron chi connectivity index (χ4n) is 3.75. The second-order valence-corrected chi connectivity index (χ2v) is 6.71. The smallest absolute Gasteiger partial charge is 0.154 e. The predicted octanol–water partition coefficient (Wildman–Crippen LogP) is 1.59. The SMILES string of the molecule is Cc1cc2c(N3CCC(CN4CCOCC4)CC3)nccn2n1. The number of aromatic nitrogens is 3. The van der Waals surface area contributed by atoms with Crippen LogP contribution in [-0.4, -0.2) is 65.4 Å². The van der Waals surface area contributed by atoms with Crippen molar-refractivity contribution in [3.63, 3.8) is 0 Å². The number of anilines is 1. The van der Waals surface area contributed by atoms with E-state index in [0.29, 0.717) is 0 Å². The molecule has 0 bridgehead atoms. The first kappa shape index (κ1) is 14.9. The lowest BCUT2D eigenvalue weighted by molar-refractivity contribution is 0.0289. The largest absolute Gasteiger partial charge is 0.379 e. The number of ether oxygens (including phenoxy) is 1. The Morgan fingerprint density at radius 2 is 1.96 bits per heavy atom. The Bertz CT molecular complexity index is 656. The Kier molecular flexibility index (Phi) is 4.18. The Hall–Kier alpha value is -1.66. The van der Waals surface area contributed by atoms with Gasteiger partial charge in [0.25, 0.3) is 0 Å². The van der Waals surface area contributed by atoms with E-state index in [2.05, 4.69) is 25.9 Å². The molecule has 2 saturated heterocycles. The average Bonchev–Trinajstić information content (AvgIpc) is 2.97. The molecule has 0 unspecified atom stereocenters. The van der Waals surface area contributed by atoms with Gasteiger partial charge in [-0.05, 0) is 31.7 Å². The second kappa shape index (κ2) is 6.45. The molecule has 2 aromatic rings. The first-order chi connectivity index (χ1) is 11.3. The summed E-state index contributed by atoms with van der Waals surface area (Å²) < 4.78 is 7.38. The van der Waals surface area contributed by atoms with Crippen molar-refractivity contribution in [2.24, 2.45) is 5.92 Å². The van der Waals surface area contributed by atoms with Crippen LogP contribution < -0.4 is 4.90 Å². The summed E-state index contributed by atoms with van der Waals surface area (Å²) in [5.74, 6) is 1.88. The number of hydrogen-bond acceptors (Lipinski definition) is 5. The molecule has 0 N–H and O–H groups in total. The zero-order valence-corrected chi connectivity index (χ0v) is 13.8. The molecule has 4 rings (SSSR count). The van der Waals surface area contributed by atoms with E-state index in [1.807, 2.05) is 23.8 Å². The second-order valence-electron chi connectivity index (χ2n) is 6.71. The molecule has 6 nitrogen and oxygen atoms in total. The first-order valence-electron chi connectivity index (χ1n) is 8.65. The van der Waals surface area contributed by atoms with Crippen molar-refractivity contribution < 1.29 is 4.74 Å². The topological polar surface area (TPSA) is 45.9 Å². The third-order valence-electron chi connectivity index (χ3n) is 5.03. The molecule has 0 saturated carbocycles. The molecule has 0 radical (unpaired) electrons. The fraction of sp³-hybridized carbons (Fsp3) is 0.647. The predicted molar refractivity (Wildman–Crippen MR) is 89.9 cm³/mol. The highest BCUT2D eigenvalue weighted by molar-refractivity contribution is 5.69. The standard InChI is InChI=1S/C17H25N5O/c1-14-12-16-17(18-4-7-22(16)19-14)21-5-2-15(3-6-21)13-20-8-10-23-11-9-20/h4,7,12,15H,2-3,5-6,8-11,13H2,1H3. The minimum absolute atomic E-state index is 0.802. The molecular weight excluding hydrogens is 290 g/mol. The quantitative estimate of drug-likeness (QED) is 0.861. The summed E-state index contributed by atoms with van der Waals surface area (Å²) in [6.07, 6.45) is 6.27. The molecule has 0 aliphatic carbocycles. The van der Waals surface area contributed by atoms with Gasteiger partial charge in [-0.2, -0.15) is 5.10 Å². The van der Waals surface area contributed by atoms with E-state index in [9.17, 15) is 0 Å². The van der Waals surface area contributed by atoms with Crippen LogP contribution in [0, 0.1) is 12.8 Å². The van der Waals surface area contributed by atoms with E-state index in [1.165, 1.54) is 19.4 Å². The van der Waals surface area contributed by atoms with Gasteiger partial charge in [0.1, 0.15) is 5.52 Å². The summed E-state index contributed by atoms with van der Waals surface area (Å²) in [5, 5.41) is 4.49. The maximum absolute atomic E-state index is 5.44. The van der Waals surface area contributed by atoms with Crippen LogP contribution in [0.5, 0.6) is 0 Å². The molecular formula is C17H25N5O. The third kappa shape index (κ3) is 3.19. The molecule has 0 aromatic carbocycles. The molecule has 2 aliphatic heterocycles. The van der Waals surface area contributed by atoms with Crippen molar-refractivity contribution >= 4 is 11.3 Å². The summed E-state index contributed by atoms with van der Waals surface area (Å²) in [7, 11) is 0. The van der Waals surface area contributed by atoms with Crippen molar-refractivity contribution in [2.75, 3.05) is 50.8 Å². The van der Waals surface area contributed by atoms with Gasteiger partial charge in [0, 0.05) is 45.1 Å². The number of piperidine rings is 1. The van der Waals surface area contributed by atoms with Crippen LogP contribution in [0.4, 0.5) is 5.82 Å². The molecule has 0 amide bonds. The molecule has 124 valence electrons. The summed E-state index contributed by atoms with van der Waals surface area (Å²) in [4.78, 5) is 9.60. The lowest BCUT2D eigenvalue weighted by Gasteiger charge is -2.36. The molecule has 2 fully saturated rings. The number of morpholine rings is 1. The van der Waals surface area contributed by atoms with Gasteiger partial charge in [-0.3, -0.25) is 4.90 Å². The van der Waals surface area contributed by atoms with E-state index in [-0.39, 0.29) is 0 Å². The van der Waals surface area contributed by atoms with Crippen LogP contribution in [0.1, 0.15) is 18.5 Å². The number of hydrogen-bond donors (Lipinski definition) is 0. The van der Waals surface area contributed by atoms with Crippen molar-refractivity contribution in [1.29, 1.82) is 0 Å². The lowest BCUT2D eigenvalue weighted by Crippen LogP contribution is -2.43. The summed E-state index contributed by atoms with van der Waals surface area (Å²) in [6.45, 7) is 9.41. The van der Waals surface area contributed by atoms with E-state index >= 15 is 0 Å². The maximum Gasteiger partial charge on any atom is 0.154 e. The van der Waals surface area contributed by atoms with Gasteiger partial charge >= 0.3 is 0 Å². The van der Waals surface area contributed by atoms with Crippen LogP contribution in [-0.2, 0) is 4.74 Å². The summed E-state index contributed by atoms with van der Waals surface area (Å²) in [6, 6.07) is 2.13. The van der Waals surface area contributed by atoms with Crippen LogP contribution in [0.25, 0.3) is 5.52 Å². The fourth-order valence-corrected chi connectivity index (χ4v) is 3.75. The molecule has 6 heteroatoms. The van der Waals surface area contributed by atoms with E-state index in [0.717, 1.165) is 62.3 Å². The van der Waals surface area contributed by atoms with Crippen LogP contribution >= 0.6 is 0 Å². The van der Waals surface area contributed by atoms with Gasteiger partial charge < -0.3 is 9.64 Å². The molecule has 2 aliphatic rings. The molecule has 23 heavy (non-hydrogen) atoms. The van der Waals surface area contributed by atoms with E-state index in [4.69, 9.17) is 4.74 Å². The highest BCUT2D eigenvalue weighted by atomic mass is 16.5. The van der Waals surface area contributed by atoms with Crippen LogP contribution in [0.15, 0.2) is 18.5 Å². The van der Waals surface area contributed by atoms with E-state index < -0.39 is 0 Å². The highest BCUT2D eigenvalue weighted by Gasteiger charge is 2.24. The zero-order valence-electron chi connectivity index (χ0n) is 13.8. The van der Waals surface area contributed by atoms with Crippen molar-refractivity contribution in [3.8, 4) is 0 Å². The first-order valence-corrected chi connectivity index (χ1v) is 8.65. The normalized spacial score (nSPS) is 21.2. The summed E-state index contributed by atoms with van der Waals surface area (Å²) in [5.41, 5.74) is 2.16. The van der Waals surface area contributed by atoms with Crippen molar-refractivity contribution in [1.82, 2.24) is 19.5 Å². The van der Waals surface area contributed by atoms with Crippen LogP contribution in [0.2, 0.25) is 0 Å². The molecule has 0 atom stereocenters. The zero-order chi connectivity index (χ0) is 15.6. The number of rotatable bonds is 3. The molecule has 2 aromatic heterocycles. The van der Waals surface area contributed by atoms with Gasteiger partial charge in [-0.25, -0.2) is 9.50 Å². The average molecular weight is 315 g/mol. The minimum atomic E-state index is 0.802. The Morgan fingerprint density at radius 1 is 1.17 bits per heavy atom. The number of fused-ring (bicyclic) bond motifs is 1. The van der Waals surface area contributed by atoms with Crippen molar-refractivity contribution in [2.45, 2.75) is 19.8 Å². The van der Waals surface area contributed by atoms with Crippen LogP contribution in [0.3, 0.4) is 0 Å². The Balaban J connectivity index is 1.40. The summed E-state index contributed by atoms with van der Waals surface area (Å²) >= 11 is 0. The van der Waals surface area contributed by atoms with Gasteiger partial charge in [-0.1, -0.05) is 0 Å². The van der Waals surface area contributed by atoms with E-state index in [1.54, 1.807) is 0 Å². The third-order valence-corrected chi connectivity index (χ3v) is 5.03. The molecule has 4 heterocycles. The van der Waals surface area contributed by atoms with Gasteiger partial charge in [0.05, 0.1) is 18.9 Å². The number of nitrogens with zero attached hydrogens (tertiary/aromatic N) is 5. The van der Waals surface area contributed by atoms with Gasteiger partial charge in [0.15, 0.2) is 5.82 Å². The maximum atomic E-state index is 5.44. The monoisotopic (exact) mass is 315 g/mol. The molecule has 0 spiro atoms. The lowest BCUT2D eigenvalue weighted by atomic mass is 9.96. The van der Waals surface area contributed by atoms with Gasteiger partial charge in [-0.15, -0.1) is 0 Å². The Labute approximate surface area is 137 Å². The highest BCUT2D eigenvalue weighted by Crippen LogP contribution is 2.26.